The summed E-state index contributed by atoms with van der Waals surface area (Å²) in [5.41, 5.74) is 2.49. The lowest BCUT2D eigenvalue weighted by atomic mass is 10.1. The minimum Gasteiger partial charge on any atom is -0.493 e. The second-order valence-corrected chi connectivity index (χ2v) is 4.39. The molecule has 0 saturated heterocycles. The minimum atomic E-state index is -0.194. The van der Waals surface area contributed by atoms with Gasteiger partial charge in [0.05, 0.1) is 12.7 Å². The number of benzene rings is 1. The maximum absolute atomic E-state index is 9.11. The van der Waals surface area contributed by atoms with Crippen molar-refractivity contribution in [3.05, 3.63) is 29.3 Å². The van der Waals surface area contributed by atoms with Gasteiger partial charge in [-0.05, 0) is 57.2 Å². The van der Waals surface area contributed by atoms with Gasteiger partial charge in [0.2, 0.25) is 0 Å². The lowest BCUT2D eigenvalue weighted by Gasteiger charge is -2.11. The summed E-state index contributed by atoms with van der Waals surface area (Å²) in [6, 6.07) is 6.13. The highest BCUT2D eigenvalue weighted by molar-refractivity contribution is 5.38. The zero-order chi connectivity index (χ0) is 12.0. The molecule has 0 aliphatic heterocycles. The van der Waals surface area contributed by atoms with Gasteiger partial charge in [0, 0.05) is 0 Å². The van der Waals surface area contributed by atoms with E-state index in [2.05, 4.69) is 19.9 Å². The number of hydrogen-bond donors (Lipinski definition) is 1. The Bertz CT molecular complexity index is 319. The third-order valence-corrected chi connectivity index (χ3v) is 2.83. The van der Waals surface area contributed by atoms with Crippen LogP contribution in [0.3, 0.4) is 0 Å². The maximum atomic E-state index is 9.11. The van der Waals surface area contributed by atoms with Gasteiger partial charge in [0.1, 0.15) is 5.75 Å². The van der Waals surface area contributed by atoms with E-state index in [9.17, 15) is 0 Å². The fourth-order valence-corrected chi connectivity index (χ4v) is 1.60. The Labute approximate surface area is 98.3 Å². The van der Waals surface area contributed by atoms with Crippen molar-refractivity contribution in [1.82, 2.24) is 0 Å². The number of hydrogen-bond acceptors (Lipinski definition) is 2. The Morgan fingerprint density at radius 1 is 1.25 bits per heavy atom. The van der Waals surface area contributed by atoms with E-state index >= 15 is 0 Å². The van der Waals surface area contributed by atoms with Crippen molar-refractivity contribution in [1.29, 1.82) is 0 Å². The molecule has 0 radical (unpaired) electrons. The molecule has 0 amide bonds. The van der Waals surface area contributed by atoms with E-state index in [1.165, 1.54) is 11.1 Å². The van der Waals surface area contributed by atoms with Crippen LogP contribution in [-0.2, 0) is 0 Å². The second kappa shape index (κ2) is 6.54. The maximum Gasteiger partial charge on any atom is 0.122 e. The molecule has 0 fully saturated rings. The molecule has 2 heteroatoms. The summed E-state index contributed by atoms with van der Waals surface area (Å²) in [6.07, 6.45) is 2.68. The lowest BCUT2D eigenvalue weighted by molar-refractivity contribution is 0.177. The molecule has 0 aliphatic carbocycles. The monoisotopic (exact) mass is 222 g/mol. The smallest absolute Gasteiger partial charge is 0.122 e. The highest BCUT2D eigenvalue weighted by Gasteiger charge is 2.01. The average molecular weight is 222 g/mol. The van der Waals surface area contributed by atoms with E-state index < -0.39 is 0 Å². The van der Waals surface area contributed by atoms with Crippen LogP contribution in [0.15, 0.2) is 18.2 Å². The van der Waals surface area contributed by atoms with Crippen LogP contribution in [0.2, 0.25) is 0 Å². The zero-order valence-electron chi connectivity index (χ0n) is 10.5. The van der Waals surface area contributed by atoms with E-state index in [1.807, 2.05) is 19.1 Å². The molecule has 90 valence electrons. The molecular formula is C14H22O2. The van der Waals surface area contributed by atoms with Gasteiger partial charge in [-0.15, -0.1) is 0 Å². The highest BCUT2D eigenvalue weighted by Crippen LogP contribution is 2.20. The van der Waals surface area contributed by atoms with E-state index in [-0.39, 0.29) is 6.10 Å². The second-order valence-electron chi connectivity index (χ2n) is 4.39. The van der Waals surface area contributed by atoms with Gasteiger partial charge in [0.15, 0.2) is 0 Å². The van der Waals surface area contributed by atoms with Gasteiger partial charge in [-0.2, -0.15) is 0 Å². The highest BCUT2D eigenvalue weighted by atomic mass is 16.5. The van der Waals surface area contributed by atoms with Gasteiger partial charge in [0.25, 0.3) is 0 Å². The van der Waals surface area contributed by atoms with Crippen LogP contribution in [0.25, 0.3) is 0 Å². The van der Waals surface area contributed by atoms with Crippen molar-refractivity contribution in [3.63, 3.8) is 0 Å². The third-order valence-electron chi connectivity index (χ3n) is 2.83. The van der Waals surface area contributed by atoms with Crippen molar-refractivity contribution in [3.8, 4) is 5.75 Å². The topological polar surface area (TPSA) is 29.5 Å². The molecule has 0 aliphatic rings. The minimum absolute atomic E-state index is 0.194. The molecule has 1 atom stereocenters. The summed E-state index contributed by atoms with van der Waals surface area (Å²) < 4.78 is 5.72. The van der Waals surface area contributed by atoms with Crippen LogP contribution in [0.4, 0.5) is 0 Å². The van der Waals surface area contributed by atoms with Crippen LogP contribution < -0.4 is 4.74 Å². The summed E-state index contributed by atoms with van der Waals surface area (Å²) in [5, 5.41) is 9.11. The number of ether oxygens (including phenoxy) is 1. The Morgan fingerprint density at radius 3 is 2.69 bits per heavy atom. The molecule has 1 unspecified atom stereocenters. The van der Waals surface area contributed by atoms with E-state index in [0.29, 0.717) is 0 Å². The summed E-state index contributed by atoms with van der Waals surface area (Å²) in [6.45, 7) is 6.73. The van der Waals surface area contributed by atoms with E-state index in [4.69, 9.17) is 9.84 Å². The van der Waals surface area contributed by atoms with Gasteiger partial charge >= 0.3 is 0 Å². The number of aliphatic hydroxyl groups excluding tert-OH is 1. The fourth-order valence-electron chi connectivity index (χ4n) is 1.60. The van der Waals surface area contributed by atoms with Crippen molar-refractivity contribution in [2.75, 3.05) is 6.61 Å². The fraction of sp³-hybridized carbons (Fsp3) is 0.571. The number of unbranched alkanes of at least 4 members (excludes halogenated alkanes) is 1. The van der Waals surface area contributed by atoms with Crippen molar-refractivity contribution < 1.29 is 9.84 Å². The summed E-state index contributed by atoms with van der Waals surface area (Å²) in [5.74, 6) is 0.983. The van der Waals surface area contributed by atoms with Gasteiger partial charge in [-0.1, -0.05) is 12.1 Å². The largest absolute Gasteiger partial charge is 0.493 e. The predicted molar refractivity (Wildman–Crippen MR) is 66.9 cm³/mol. The van der Waals surface area contributed by atoms with Gasteiger partial charge < -0.3 is 9.84 Å². The molecular weight excluding hydrogens is 200 g/mol. The normalized spacial score (nSPS) is 12.5. The predicted octanol–water partition coefficient (Wildman–Crippen LogP) is 3.23. The van der Waals surface area contributed by atoms with Gasteiger partial charge in [-0.25, -0.2) is 0 Å². The van der Waals surface area contributed by atoms with Crippen molar-refractivity contribution in [2.24, 2.45) is 0 Å². The quantitative estimate of drug-likeness (QED) is 0.749. The molecule has 0 heterocycles. The molecule has 0 bridgehead atoms. The number of rotatable bonds is 6. The first-order valence-corrected chi connectivity index (χ1v) is 5.98. The molecule has 0 spiro atoms. The Morgan fingerprint density at radius 2 is 2.00 bits per heavy atom. The van der Waals surface area contributed by atoms with Gasteiger partial charge in [-0.3, -0.25) is 0 Å². The molecule has 16 heavy (non-hydrogen) atoms. The molecule has 1 N–H and O–H groups in total. The SMILES string of the molecule is Cc1cccc(OCCCCC(C)O)c1C. The van der Waals surface area contributed by atoms with Crippen molar-refractivity contribution in [2.45, 2.75) is 46.1 Å². The van der Waals surface area contributed by atoms with Crippen LogP contribution in [0.5, 0.6) is 5.75 Å². The third kappa shape index (κ3) is 4.23. The first-order valence-electron chi connectivity index (χ1n) is 5.98. The zero-order valence-corrected chi connectivity index (χ0v) is 10.5. The lowest BCUT2D eigenvalue weighted by Crippen LogP contribution is -2.03. The van der Waals surface area contributed by atoms with Crippen molar-refractivity contribution >= 4 is 0 Å². The molecule has 0 aromatic heterocycles. The number of aliphatic hydroxyl groups is 1. The summed E-state index contributed by atoms with van der Waals surface area (Å²) >= 11 is 0. The molecule has 2 nitrogen and oxygen atoms in total. The summed E-state index contributed by atoms with van der Waals surface area (Å²) in [7, 11) is 0. The standard InChI is InChI=1S/C14H22O2/c1-11-7-6-9-14(13(11)3)16-10-5-4-8-12(2)15/h6-7,9,12,15H,4-5,8,10H2,1-3H3. The van der Waals surface area contributed by atoms with E-state index in [0.717, 1.165) is 31.6 Å². The first-order chi connectivity index (χ1) is 7.61. The molecule has 0 saturated carbocycles. The Hall–Kier alpha value is -1.02. The van der Waals surface area contributed by atoms with Crippen LogP contribution in [0.1, 0.15) is 37.3 Å². The van der Waals surface area contributed by atoms with Crippen LogP contribution >= 0.6 is 0 Å². The Balaban J connectivity index is 2.29. The molecule has 1 aromatic rings. The number of aryl methyl sites for hydroxylation is 1. The van der Waals surface area contributed by atoms with E-state index in [1.54, 1.807) is 0 Å². The Kier molecular flexibility index (Phi) is 5.33. The first kappa shape index (κ1) is 13.0. The summed E-state index contributed by atoms with van der Waals surface area (Å²) in [4.78, 5) is 0. The average Bonchev–Trinajstić information content (AvgIpc) is 2.23. The molecule has 1 rings (SSSR count). The van der Waals surface area contributed by atoms with Crippen LogP contribution in [0, 0.1) is 13.8 Å². The van der Waals surface area contributed by atoms with Crippen LogP contribution in [-0.4, -0.2) is 17.8 Å². The molecule has 1 aromatic carbocycles.